The molecule has 3 unspecified atom stereocenters. The molecule has 3 atom stereocenters. The molecule has 0 aromatic heterocycles. The van der Waals surface area contributed by atoms with Gasteiger partial charge in [0.2, 0.25) is 0 Å². The second kappa shape index (κ2) is 6.51. The Morgan fingerprint density at radius 3 is 2.94 bits per heavy atom. The number of hydrogen-bond acceptors (Lipinski definition) is 3. The van der Waals surface area contributed by atoms with Crippen LogP contribution in [0.1, 0.15) is 46.0 Å². The summed E-state index contributed by atoms with van der Waals surface area (Å²) in [6, 6.07) is 2.47. The van der Waals surface area contributed by atoms with Crippen LogP contribution in [0.25, 0.3) is 0 Å². The van der Waals surface area contributed by atoms with Crippen LogP contribution < -0.4 is 5.32 Å². The smallest absolute Gasteiger partial charge is 0.107 e. The van der Waals surface area contributed by atoms with Crippen molar-refractivity contribution in [3.05, 3.63) is 0 Å². The summed E-state index contributed by atoms with van der Waals surface area (Å²) in [5.41, 5.74) is -0.245. The number of thioether (sulfide) groups is 1. The van der Waals surface area contributed by atoms with Crippen molar-refractivity contribution in [2.75, 3.05) is 12.8 Å². The Labute approximate surface area is 104 Å². The highest BCUT2D eigenvalue weighted by atomic mass is 32.2. The third kappa shape index (κ3) is 3.68. The summed E-state index contributed by atoms with van der Waals surface area (Å²) in [6.45, 7) is 4.56. The highest BCUT2D eigenvalue weighted by Crippen LogP contribution is 2.35. The number of nitrogens with one attached hydrogen (secondary N) is 1. The van der Waals surface area contributed by atoms with Gasteiger partial charge in [0.05, 0.1) is 6.07 Å². The van der Waals surface area contributed by atoms with Gasteiger partial charge in [0.1, 0.15) is 5.54 Å². The van der Waals surface area contributed by atoms with E-state index < -0.39 is 0 Å². The SMILES string of the molecule is CCC(C)CSC1CCCC(C#N)(NC)C1. The van der Waals surface area contributed by atoms with Crippen molar-refractivity contribution >= 4 is 11.8 Å². The molecular formula is C13H24N2S. The Morgan fingerprint density at radius 1 is 1.62 bits per heavy atom. The molecule has 1 fully saturated rings. The topological polar surface area (TPSA) is 35.8 Å². The van der Waals surface area contributed by atoms with Crippen molar-refractivity contribution in [1.29, 1.82) is 5.26 Å². The molecule has 2 nitrogen and oxygen atoms in total. The van der Waals surface area contributed by atoms with Crippen LogP contribution >= 0.6 is 11.8 Å². The van der Waals surface area contributed by atoms with E-state index in [1.807, 2.05) is 7.05 Å². The summed E-state index contributed by atoms with van der Waals surface area (Å²) in [6.07, 6.45) is 5.76. The molecule has 1 saturated carbocycles. The van der Waals surface area contributed by atoms with E-state index in [9.17, 15) is 5.26 Å². The first kappa shape index (κ1) is 13.9. The quantitative estimate of drug-likeness (QED) is 0.801. The lowest BCUT2D eigenvalue weighted by Crippen LogP contribution is -2.46. The molecule has 0 heterocycles. The average Bonchev–Trinajstić information content (AvgIpc) is 2.36. The molecular weight excluding hydrogens is 216 g/mol. The number of hydrogen-bond donors (Lipinski definition) is 1. The van der Waals surface area contributed by atoms with Gasteiger partial charge in [-0.1, -0.05) is 20.3 Å². The summed E-state index contributed by atoms with van der Waals surface area (Å²) >= 11 is 2.07. The Morgan fingerprint density at radius 2 is 2.38 bits per heavy atom. The van der Waals surface area contributed by atoms with Crippen LogP contribution in [-0.2, 0) is 0 Å². The van der Waals surface area contributed by atoms with E-state index >= 15 is 0 Å². The maximum Gasteiger partial charge on any atom is 0.107 e. The van der Waals surface area contributed by atoms with Gasteiger partial charge in [0, 0.05) is 5.25 Å². The van der Waals surface area contributed by atoms with Crippen LogP contribution in [0.4, 0.5) is 0 Å². The van der Waals surface area contributed by atoms with Gasteiger partial charge in [-0.15, -0.1) is 0 Å². The minimum Gasteiger partial charge on any atom is -0.302 e. The first-order valence-electron chi connectivity index (χ1n) is 6.37. The van der Waals surface area contributed by atoms with Crippen LogP contribution in [0, 0.1) is 17.2 Å². The molecule has 0 amide bonds. The molecule has 1 aliphatic rings. The lowest BCUT2D eigenvalue weighted by molar-refractivity contribution is 0.323. The summed E-state index contributed by atoms with van der Waals surface area (Å²) in [7, 11) is 1.92. The molecule has 1 aliphatic carbocycles. The standard InChI is InChI=1S/C13H24N2S/c1-4-11(2)9-16-12-6-5-7-13(8-12,10-14)15-3/h11-12,15H,4-9H2,1-3H3. The van der Waals surface area contributed by atoms with E-state index in [1.54, 1.807) is 0 Å². The number of nitrogens with zero attached hydrogens (tertiary/aromatic N) is 1. The molecule has 0 aliphatic heterocycles. The fourth-order valence-corrected chi connectivity index (χ4v) is 3.74. The van der Waals surface area contributed by atoms with Crippen LogP contribution in [0.15, 0.2) is 0 Å². The van der Waals surface area contributed by atoms with E-state index in [0.717, 1.165) is 18.8 Å². The lowest BCUT2D eigenvalue weighted by atomic mass is 9.83. The predicted octanol–water partition coefficient (Wildman–Crippen LogP) is 3.19. The second-order valence-corrected chi connectivity index (χ2v) is 6.34. The zero-order chi connectivity index (χ0) is 12.0. The van der Waals surface area contributed by atoms with Gasteiger partial charge in [-0.2, -0.15) is 17.0 Å². The molecule has 1 N–H and O–H groups in total. The molecule has 0 spiro atoms. The molecule has 16 heavy (non-hydrogen) atoms. The minimum absolute atomic E-state index is 0.245. The third-order valence-corrected chi connectivity index (χ3v) is 5.35. The summed E-state index contributed by atoms with van der Waals surface area (Å²) in [5, 5.41) is 13.2. The fourth-order valence-electron chi connectivity index (χ4n) is 2.17. The van der Waals surface area contributed by atoms with Crippen LogP contribution in [0.2, 0.25) is 0 Å². The van der Waals surface area contributed by atoms with Crippen molar-refractivity contribution in [1.82, 2.24) is 5.32 Å². The number of nitriles is 1. The number of rotatable bonds is 5. The van der Waals surface area contributed by atoms with Crippen molar-refractivity contribution in [3.63, 3.8) is 0 Å². The minimum atomic E-state index is -0.245. The maximum atomic E-state index is 9.26. The Kier molecular flexibility index (Phi) is 5.64. The maximum absolute atomic E-state index is 9.26. The largest absolute Gasteiger partial charge is 0.302 e. The van der Waals surface area contributed by atoms with Gasteiger partial charge in [0.25, 0.3) is 0 Å². The van der Waals surface area contributed by atoms with Crippen LogP contribution in [0.3, 0.4) is 0 Å². The Hall–Kier alpha value is -0.200. The highest BCUT2D eigenvalue weighted by molar-refractivity contribution is 7.99. The molecule has 0 aromatic carbocycles. The van der Waals surface area contributed by atoms with Gasteiger partial charge in [-0.25, -0.2) is 0 Å². The van der Waals surface area contributed by atoms with Gasteiger partial charge < -0.3 is 5.32 Å². The lowest BCUT2D eigenvalue weighted by Gasteiger charge is -2.35. The molecule has 0 radical (unpaired) electrons. The zero-order valence-corrected chi connectivity index (χ0v) is 11.6. The van der Waals surface area contributed by atoms with Crippen molar-refractivity contribution in [2.24, 2.45) is 5.92 Å². The summed E-state index contributed by atoms with van der Waals surface area (Å²) in [5.74, 6) is 2.05. The third-order valence-electron chi connectivity index (χ3n) is 3.71. The Bertz CT molecular complexity index is 249. The van der Waals surface area contributed by atoms with E-state index in [2.05, 4.69) is 37.0 Å². The predicted molar refractivity (Wildman–Crippen MR) is 71.6 cm³/mol. The fraction of sp³-hybridized carbons (Fsp3) is 0.923. The van der Waals surface area contributed by atoms with E-state index in [1.165, 1.54) is 25.0 Å². The van der Waals surface area contributed by atoms with Crippen LogP contribution in [0.5, 0.6) is 0 Å². The van der Waals surface area contributed by atoms with Gasteiger partial charge in [0.15, 0.2) is 0 Å². The first-order valence-corrected chi connectivity index (χ1v) is 7.42. The van der Waals surface area contributed by atoms with Crippen LogP contribution in [-0.4, -0.2) is 23.6 Å². The molecule has 1 rings (SSSR count). The van der Waals surface area contributed by atoms with Gasteiger partial charge in [-0.05, 0) is 44.4 Å². The molecule has 0 aromatic rings. The molecule has 0 bridgehead atoms. The highest BCUT2D eigenvalue weighted by Gasteiger charge is 2.35. The second-order valence-electron chi connectivity index (χ2n) is 5.01. The summed E-state index contributed by atoms with van der Waals surface area (Å²) < 4.78 is 0. The van der Waals surface area contributed by atoms with E-state index in [-0.39, 0.29) is 5.54 Å². The van der Waals surface area contributed by atoms with Gasteiger partial charge in [-0.3, -0.25) is 0 Å². The van der Waals surface area contributed by atoms with Crippen molar-refractivity contribution < 1.29 is 0 Å². The van der Waals surface area contributed by atoms with Crippen molar-refractivity contribution in [3.8, 4) is 6.07 Å². The zero-order valence-electron chi connectivity index (χ0n) is 10.8. The molecule has 0 saturated heterocycles. The van der Waals surface area contributed by atoms with E-state index in [0.29, 0.717) is 5.25 Å². The Balaban J connectivity index is 2.42. The average molecular weight is 240 g/mol. The van der Waals surface area contributed by atoms with Gasteiger partial charge >= 0.3 is 0 Å². The first-order chi connectivity index (χ1) is 7.65. The van der Waals surface area contributed by atoms with Crippen molar-refractivity contribution in [2.45, 2.75) is 56.7 Å². The summed E-state index contributed by atoms with van der Waals surface area (Å²) in [4.78, 5) is 0. The molecule has 3 heteroatoms. The monoisotopic (exact) mass is 240 g/mol. The molecule has 92 valence electrons. The van der Waals surface area contributed by atoms with E-state index in [4.69, 9.17) is 0 Å². The normalized spacial score (nSPS) is 32.0.